The summed E-state index contributed by atoms with van der Waals surface area (Å²) in [6.45, 7) is 5.56. The van der Waals surface area contributed by atoms with E-state index in [2.05, 4.69) is 25.1 Å². The lowest BCUT2D eigenvalue weighted by Crippen LogP contribution is -2.47. The van der Waals surface area contributed by atoms with Crippen molar-refractivity contribution in [3.05, 3.63) is 51.8 Å². The fourth-order valence-electron chi connectivity index (χ4n) is 2.91. The summed E-state index contributed by atoms with van der Waals surface area (Å²) in [6.07, 6.45) is 4.50. The average Bonchev–Trinajstić information content (AvgIpc) is 2.67. The lowest BCUT2D eigenvalue weighted by atomic mass is 10.2. The lowest BCUT2D eigenvalue weighted by molar-refractivity contribution is -0.384. The van der Waals surface area contributed by atoms with Crippen molar-refractivity contribution in [3.8, 4) is 0 Å². The standard InChI is InChI=1S/C17H21ClN6O2/c18-15-13-14(24(25)26)3-4-16(15)19-7-2-8-22-9-11-23(12-10-22)17-20-5-1-6-21-17/h1,3-6,13,19H,2,7-12H2. The molecule has 0 bridgehead atoms. The number of benzene rings is 1. The first-order chi connectivity index (χ1) is 12.6. The second-order valence-corrected chi connectivity index (χ2v) is 6.49. The number of piperazine rings is 1. The molecule has 0 atom stereocenters. The van der Waals surface area contributed by atoms with Crippen molar-refractivity contribution in [2.45, 2.75) is 6.42 Å². The topological polar surface area (TPSA) is 87.4 Å². The molecule has 0 aliphatic carbocycles. The maximum atomic E-state index is 10.7. The molecule has 0 unspecified atom stereocenters. The van der Waals surface area contributed by atoms with Crippen LogP contribution in [0.5, 0.6) is 0 Å². The Hall–Kier alpha value is -2.45. The minimum absolute atomic E-state index is 0.000756. The minimum atomic E-state index is -0.449. The van der Waals surface area contributed by atoms with Gasteiger partial charge in [0.25, 0.3) is 5.69 Å². The molecule has 0 amide bonds. The Morgan fingerprint density at radius 3 is 2.58 bits per heavy atom. The number of non-ortho nitro benzene ring substituents is 1. The number of nitro groups is 1. The maximum Gasteiger partial charge on any atom is 0.271 e. The Morgan fingerprint density at radius 2 is 1.92 bits per heavy atom. The van der Waals surface area contributed by atoms with Crippen LogP contribution < -0.4 is 10.2 Å². The minimum Gasteiger partial charge on any atom is -0.384 e. The third-order valence-electron chi connectivity index (χ3n) is 4.34. The normalized spacial score (nSPS) is 15.0. The molecule has 1 N–H and O–H groups in total. The second kappa shape index (κ2) is 8.77. The van der Waals surface area contributed by atoms with Gasteiger partial charge in [-0.3, -0.25) is 15.0 Å². The molecule has 1 aromatic heterocycles. The summed E-state index contributed by atoms with van der Waals surface area (Å²) in [5.74, 6) is 0.793. The van der Waals surface area contributed by atoms with E-state index < -0.39 is 4.92 Å². The summed E-state index contributed by atoms with van der Waals surface area (Å²) in [6, 6.07) is 6.30. The van der Waals surface area contributed by atoms with Crippen LogP contribution in [0.15, 0.2) is 36.7 Å². The van der Waals surface area contributed by atoms with Gasteiger partial charge in [0.1, 0.15) is 0 Å². The molecular formula is C17H21ClN6O2. The molecule has 0 spiro atoms. The smallest absolute Gasteiger partial charge is 0.271 e. The molecule has 0 saturated carbocycles. The predicted molar refractivity (Wildman–Crippen MR) is 102 cm³/mol. The zero-order valence-corrected chi connectivity index (χ0v) is 15.1. The molecule has 1 aliphatic heterocycles. The highest BCUT2D eigenvalue weighted by molar-refractivity contribution is 6.33. The highest BCUT2D eigenvalue weighted by Crippen LogP contribution is 2.26. The van der Waals surface area contributed by atoms with E-state index in [1.807, 2.05) is 6.07 Å². The number of nitrogens with zero attached hydrogens (tertiary/aromatic N) is 5. The number of nitrogens with one attached hydrogen (secondary N) is 1. The number of hydrogen-bond donors (Lipinski definition) is 1. The van der Waals surface area contributed by atoms with Gasteiger partial charge in [-0.05, 0) is 25.1 Å². The summed E-state index contributed by atoms with van der Waals surface area (Å²) < 4.78 is 0. The van der Waals surface area contributed by atoms with Crippen molar-refractivity contribution in [1.29, 1.82) is 0 Å². The van der Waals surface area contributed by atoms with E-state index in [1.54, 1.807) is 18.5 Å². The first-order valence-corrected chi connectivity index (χ1v) is 8.93. The Balaban J connectivity index is 1.38. The highest BCUT2D eigenvalue weighted by atomic mass is 35.5. The summed E-state index contributed by atoms with van der Waals surface area (Å²) in [5, 5.41) is 14.3. The third-order valence-corrected chi connectivity index (χ3v) is 4.65. The first kappa shape index (κ1) is 18.3. The average molecular weight is 377 g/mol. The van der Waals surface area contributed by atoms with Crippen molar-refractivity contribution in [1.82, 2.24) is 14.9 Å². The molecule has 2 heterocycles. The van der Waals surface area contributed by atoms with Crippen LogP contribution in [0.25, 0.3) is 0 Å². The molecule has 1 saturated heterocycles. The summed E-state index contributed by atoms with van der Waals surface area (Å²) in [7, 11) is 0. The van der Waals surface area contributed by atoms with Gasteiger partial charge in [0, 0.05) is 57.3 Å². The van der Waals surface area contributed by atoms with E-state index in [9.17, 15) is 10.1 Å². The van der Waals surface area contributed by atoms with E-state index in [4.69, 9.17) is 11.6 Å². The Morgan fingerprint density at radius 1 is 1.19 bits per heavy atom. The van der Waals surface area contributed by atoms with Gasteiger partial charge in [-0.2, -0.15) is 0 Å². The molecule has 3 rings (SSSR count). The van der Waals surface area contributed by atoms with Crippen LogP contribution in [-0.2, 0) is 0 Å². The molecule has 138 valence electrons. The highest BCUT2D eigenvalue weighted by Gasteiger charge is 2.18. The van der Waals surface area contributed by atoms with Crippen LogP contribution in [0.3, 0.4) is 0 Å². The fourth-order valence-corrected chi connectivity index (χ4v) is 3.15. The van der Waals surface area contributed by atoms with Gasteiger partial charge >= 0.3 is 0 Å². The maximum absolute atomic E-state index is 10.7. The summed E-state index contributed by atoms with van der Waals surface area (Å²) >= 11 is 6.08. The Bertz CT molecular complexity index is 737. The van der Waals surface area contributed by atoms with Gasteiger partial charge < -0.3 is 10.2 Å². The van der Waals surface area contributed by atoms with Gasteiger partial charge in [0.05, 0.1) is 15.6 Å². The number of nitro benzene ring substituents is 1. The Kier molecular flexibility index (Phi) is 6.19. The first-order valence-electron chi connectivity index (χ1n) is 8.55. The van der Waals surface area contributed by atoms with Crippen LogP contribution in [0.4, 0.5) is 17.3 Å². The van der Waals surface area contributed by atoms with Crippen molar-refractivity contribution in [2.75, 3.05) is 49.5 Å². The quantitative estimate of drug-likeness (QED) is 0.451. The van der Waals surface area contributed by atoms with Crippen molar-refractivity contribution in [3.63, 3.8) is 0 Å². The number of anilines is 2. The third kappa shape index (κ3) is 4.80. The van der Waals surface area contributed by atoms with Crippen LogP contribution >= 0.6 is 11.6 Å². The molecule has 1 fully saturated rings. The van der Waals surface area contributed by atoms with Crippen LogP contribution in [0.2, 0.25) is 5.02 Å². The molecule has 9 heteroatoms. The molecule has 2 aromatic rings. The van der Waals surface area contributed by atoms with Gasteiger partial charge in [-0.1, -0.05) is 11.6 Å². The van der Waals surface area contributed by atoms with E-state index >= 15 is 0 Å². The predicted octanol–water partition coefficient (Wildman–Crippen LogP) is 2.66. The lowest BCUT2D eigenvalue weighted by Gasteiger charge is -2.34. The van der Waals surface area contributed by atoms with Gasteiger partial charge in [0.2, 0.25) is 5.95 Å². The van der Waals surface area contributed by atoms with Crippen molar-refractivity contribution >= 4 is 28.9 Å². The summed E-state index contributed by atoms with van der Waals surface area (Å²) in [4.78, 5) is 23.5. The van der Waals surface area contributed by atoms with Gasteiger partial charge in [0.15, 0.2) is 0 Å². The largest absolute Gasteiger partial charge is 0.384 e. The zero-order valence-electron chi connectivity index (χ0n) is 14.3. The van der Waals surface area contributed by atoms with Gasteiger partial charge in [-0.25, -0.2) is 9.97 Å². The molecule has 26 heavy (non-hydrogen) atoms. The fraction of sp³-hybridized carbons (Fsp3) is 0.412. The molecule has 8 nitrogen and oxygen atoms in total. The zero-order chi connectivity index (χ0) is 18.4. The molecule has 1 aliphatic rings. The van der Waals surface area contributed by atoms with Crippen molar-refractivity contribution in [2.24, 2.45) is 0 Å². The van der Waals surface area contributed by atoms with Crippen LogP contribution in [0.1, 0.15) is 6.42 Å². The summed E-state index contributed by atoms with van der Waals surface area (Å²) in [5.41, 5.74) is 0.726. The van der Waals surface area contributed by atoms with Gasteiger partial charge in [-0.15, -0.1) is 0 Å². The number of halogens is 1. The van der Waals surface area contributed by atoms with Crippen molar-refractivity contribution < 1.29 is 4.92 Å². The van der Waals surface area contributed by atoms with Crippen LogP contribution in [0, 0.1) is 10.1 Å². The van der Waals surface area contributed by atoms with E-state index in [-0.39, 0.29) is 5.69 Å². The molecule has 0 radical (unpaired) electrons. The van der Waals surface area contributed by atoms with E-state index in [0.29, 0.717) is 5.02 Å². The molecular weight excluding hydrogens is 356 g/mol. The SMILES string of the molecule is O=[N+]([O-])c1ccc(NCCCN2CCN(c3ncccn3)CC2)c(Cl)c1. The number of hydrogen-bond acceptors (Lipinski definition) is 7. The van der Waals surface area contributed by atoms with E-state index in [1.165, 1.54) is 12.1 Å². The second-order valence-electron chi connectivity index (χ2n) is 6.08. The molecule has 1 aromatic carbocycles. The monoisotopic (exact) mass is 376 g/mol. The number of aromatic nitrogens is 2. The number of rotatable bonds is 7. The van der Waals surface area contributed by atoms with E-state index in [0.717, 1.165) is 57.3 Å². The Labute approximate surface area is 157 Å². The van der Waals surface area contributed by atoms with Crippen LogP contribution in [-0.4, -0.2) is 59.1 Å².